The van der Waals surface area contributed by atoms with Gasteiger partial charge in [0, 0.05) is 36.4 Å². The maximum Gasteiger partial charge on any atom is 0.311 e. The zero-order valence-corrected chi connectivity index (χ0v) is 12.2. The summed E-state index contributed by atoms with van der Waals surface area (Å²) in [4.78, 5) is 10.5. The van der Waals surface area contributed by atoms with Crippen molar-refractivity contribution >= 4 is 11.4 Å². The van der Waals surface area contributed by atoms with Crippen molar-refractivity contribution in [3.8, 4) is 5.75 Å². The second kappa shape index (κ2) is 7.26. The minimum absolute atomic E-state index is 0.0234. The largest absolute Gasteiger partial charge is 0.487 e. The van der Waals surface area contributed by atoms with Crippen molar-refractivity contribution in [2.24, 2.45) is 5.92 Å². The van der Waals surface area contributed by atoms with Crippen LogP contribution >= 0.6 is 0 Å². The molecule has 1 aromatic rings. The number of rotatable bonds is 6. The number of hydrogen-bond donors (Lipinski definition) is 2. The van der Waals surface area contributed by atoms with E-state index in [1.807, 2.05) is 0 Å². The molecule has 1 fully saturated rings. The zero-order valence-electron chi connectivity index (χ0n) is 12.2. The molecule has 0 radical (unpaired) electrons. The van der Waals surface area contributed by atoms with Gasteiger partial charge in [-0.25, -0.2) is 0 Å². The highest BCUT2D eigenvalue weighted by atomic mass is 16.6. The van der Waals surface area contributed by atoms with Crippen LogP contribution in [0.1, 0.15) is 32.6 Å². The first-order valence-electron chi connectivity index (χ1n) is 7.44. The molecule has 2 rings (SSSR count). The van der Waals surface area contributed by atoms with Gasteiger partial charge in [0.2, 0.25) is 0 Å². The second-order valence-corrected chi connectivity index (χ2v) is 5.35. The standard InChI is InChI=1S/C15H22N2O4/c1-2-21-15-9-12(7-8-14(15)17(19)20)16-13-6-4-3-5-11(13)10-18/h7-9,11,13,16,18H,2-6,10H2,1H3. The molecular weight excluding hydrogens is 272 g/mol. The van der Waals surface area contributed by atoms with E-state index in [-0.39, 0.29) is 30.0 Å². The van der Waals surface area contributed by atoms with E-state index in [4.69, 9.17) is 4.74 Å². The third-order valence-corrected chi connectivity index (χ3v) is 3.95. The lowest BCUT2D eigenvalue weighted by atomic mass is 9.85. The van der Waals surface area contributed by atoms with Gasteiger partial charge < -0.3 is 15.2 Å². The highest BCUT2D eigenvalue weighted by molar-refractivity contribution is 5.58. The first-order chi connectivity index (χ1) is 10.2. The number of aliphatic hydroxyl groups excluding tert-OH is 1. The number of nitro benzene ring substituents is 1. The summed E-state index contributed by atoms with van der Waals surface area (Å²) in [5, 5.41) is 23.8. The van der Waals surface area contributed by atoms with Gasteiger partial charge in [0.25, 0.3) is 0 Å². The van der Waals surface area contributed by atoms with Gasteiger partial charge in [-0.3, -0.25) is 10.1 Å². The van der Waals surface area contributed by atoms with E-state index in [0.717, 1.165) is 31.4 Å². The highest BCUT2D eigenvalue weighted by Gasteiger charge is 2.25. The Morgan fingerprint density at radius 3 is 2.86 bits per heavy atom. The molecule has 0 aromatic heterocycles. The quantitative estimate of drug-likeness (QED) is 0.622. The Balaban J connectivity index is 2.16. The van der Waals surface area contributed by atoms with E-state index in [1.54, 1.807) is 19.1 Å². The Hall–Kier alpha value is -1.82. The summed E-state index contributed by atoms with van der Waals surface area (Å²) in [5.74, 6) is 0.522. The van der Waals surface area contributed by atoms with Gasteiger partial charge in [0.05, 0.1) is 11.5 Å². The van der Waals surface area contributed by atoms with Crippen LogP contribution in [0.15, 0.2) is 18.2 Å². The summed E-state index contributed by atoms with van der Waals surface area (Å²) in [6, 6.07) is 5.04. The summed E-state index contributed by atoms with van der Waals surface area (Å²) < 4.78 is 5.35. The van der Waals surface area contributed by atoms with Crippen LogP contribution in [0.2, 0.25) is 0 Å². The molecule has 2 unspecified atom stereocenters. The predicted molar refractivity (Wildman–Crippen MR) is 80.7 cm³/mol. The van der Waals surface area contributed by atoms with Crippen LogP contribution in [0.25, 0.3) is 0 Å². The smallest absolute Gasteiger partial charge is 0.311 e. The fourth-order valence-corrected chi connectivity index (χ4v) is 2.86. The molecule has 1 aromatic carbocycles. The average molecular weight is 294 g/mol. The highest BCUT2D eigenvalue weighted by Crippen LogP contribution is 2.32. The van der Waals surface area contributed by atoms with E-state index < -0.39 is 4.92 Å². The number of benzene rings is 1. The maximum absolute atomic E-state index is 11.0. The fourth-order valence-electron chi connectivity index (χ4n) is 2.86. The molecule has 6 heteroatoms. The number of nitro groups is 1. The molecule has 6 nitrogen and oxygen atoms in total. The number of ether oxygens (including phenoxy) is 1. The lowest BCUT2D eigenvalue weighted by molar-refractivity contribution is -0.385. The van der Waals surface area contributed by atoms with Crippen LogP contribution in [-0.4, -0.2) is 29.3 Å². The lowest BCUT2D eigenvalue weighted by Gasteiger charge is -2.31. The van der Waals surface area contributed by atoms with Crippen LogP contribution in [0.4, 0.5) is 11.4 Å². The van der Waals surface area contributed by atoms with Crippen LogP contribution in [-0.2, 0) is 0 Å². The SMILES string of the molecule is CCOc1cc(NC2CCCCC2CO)ccc1[N+](=O)[O-]. The van der Waals surface area contributed by atoms with Crippen molar-refractivity contribution in [3.63, 3.8) is 0 Å². The van der Waals surface area contributed by atoms with Crippen molar-refractivity contribution < 1.29 is 14.8 Å². The fraction of sp³-hybridized carbons (Fsp3) is 0.600. The summed E-state index contributed by atoms with van der Waals surface area (Å²) in [6.07, 6.45) is 4.30. The molecule has 0 saturated heterocycles. The van der Waals surface area contributed by atoms with Gasteiger partial charge in [0.15, 0.2) is 5.75 Å². The van der Waals surface area contributed by atoms with E-state index >= 15 is 0 Å². The van der Waals surface area contributed by atoms with E-state index in [9.17, 15) is 15.2 Å². The molecule has 1 saturated carbocycles. The number of nitrogens with one attached hydrogen (secondary N) is 1. The Morgan fingerprint density at radius 1 is 1.43 bits per heavy atom. The number of nitrogens with zero attached hydrogens (tertiary/aromatic N) is 1. The third-order valence-electron chi connectivity index (χ3n) is 3.95. The average Bonchev–Trinajstić information content (AvgIpc) is 2.48. The molecule has 1 aliphatic rings. The summed E-state index contributed by atoms with van der Waals surface area (Å²) in [5.41, 5.74) is 0.777. The lowest BCUT2D eigenvalue weighted by Crippen LogP contribution is -2.34. The van der Waals surface area contributed by atoms with Crippen LogP contribution in [0, 0.1) is 16.0 Å². The van der Waals surface area contributed by atoms with E-state index in [2.05, 4.69) is 5.32 Å². The molecular formula is C15H22N2O4. The summed E-state index contributed by atoms with van der Waals surface area (Å²) in [7, 11) is 0. The molecule has 2 N–H and O–H groups in total. The molecule has 0 spiro atoms. The predicted octanol–water partition coefficient (Wildman–Crippen LogP) is 2.96. The normalized spacial score (nSPS) is 21.8. The first kappa shape index (κ1) is 15.6. The summed E-state index contributed by atoms with van der Waals surface area (Å²) >= 11 is 0. The van der Waals surface area contributed by atoms with Gasteiger partial charge >= 0.3 is 5.69 Å². The van der Waals surface area contributed by atoms with E-state index in [1.165, 1.54) is 6.07 Å². The molecule has 2 atom stereocenters. The topological polar surface area (TPSA) is 84.6 Å². The third kappa shape index (κ3) is 3.85. The number of hydrogen-bond acceptors (Lipinski definition) is 5. The Morgan fingerprint density at radius 2 is 2.19 bits per heavy atom. The van der Waals surface area contributed by atoms with Gasteiger partial charge in [0.1, 0.15) is 0 Å². The molecule has 0 bridgehead atoms. The minimum atomic E-state index is -0.439. The van der Waals surface area contributed by atoms with Crippen molar-refractivity contribution in [2.45, 2.75) is 38.6 Å². The maximum atomic E-state index is 11.0. The van der Waals surface area contributed by atoms with Gasteiger partial charge in [-0.05, 0) is 25.8 Å². The molecule has 1 aliphatic carbocycles. The molecule has 21 heavy (non-hydrogen) atoms. The van der Waals surface area contributed by atoms with Crippen LogP contribution < -0.4 is 10.1 Å². The number of aliphatic hydroxyl groups is 1. The Kier molecular flexibility index (Phi) is 5.38. The van der Waals surface area contributed by atoms with Crippen molar-refractivity contribution in [2.75, 3.05) is 18.5 Å². The van der Waals surface area contributed by atoms with Crippen LogP contribution in [0.3, 0.4) is 0 Å². The second-order valence-electron chi connectivity index (χ2n) is 5.35. The van der Waals surface area contributed by atoms with Gasteiger partial charge in [-0.1, -0.05) is 12.8 Å². The molecule has 0 heterocycles. The van der Waals surface area contributed by atoms with Crippen molar-refractivity contribution in [3.05, 3.63) is 28.3 Å². The Bertz CT molecular complexity index is 493. The molecule has 0 amide bonds. The van der Waals surface area contributed by atoms with Crippen LogP contribution in [0.5, 0.6) is 5.75 Å². The Labute approximate surface area is 124 Å². The van der Waals surface area contributed by atoms with Crippen molar-refractivity contribution in [1.82, 2.24) is 0 Å². The monoisotopic (exact) mass is 294 g/mol. The first-order valence-corrected chi connectivity index (χ1v) is 7.44. The van der Waals surface area contributed by atoms with Crippen molar-refractivity contribution in [1.29, 1.82) is 0 Å². The zero-order chi connectivity index (χ0) is 15.2. The molecule has 116 valence electrons. The van der Waals surface area contributed by atoms with E-state index in [0.29, 0.717) is 6.61 Å². The molecule has 0 aliphatic heterocycles. The number of anilines is 1. The summed E-state index contributed by atoms with van der Waals surface area (Å²) in [6.45, 7) is 2.35. The van der Waals surface area contributed by atoms with Gasteiger partial charge in [-0.2, -0.15) is 0 Å². The van der Waals surface area contributed by atoms with Gasteiger partial charge in [-0.15, -0.1) is 0 Å². The minimum Gasteiger partial charge on any atom is -0.487 e.